The topological polar surface area (TPSA) is 105 Å². The van der Waals surface area contributed by atoms with Crippen LogP contribution in [0.4, 0.5) is 0 Å². The van der Waals surface area contributed by atoms with Crippen LogP contribution in [0.5, 0.6) is 5.75 Å². The highest BCUT2D eigenvalue weighted by Gasteiger charge is 2.42. The molecule has 0 aliphatic carbocycles. The SMILES string of the molecule is CCOC(=O)[C@H](CCc1ccccc1)N[C@@H](C)C(=O)N1CC(Oc2ccc3ccccc3c2)C[C@H]1C(=O)O. The van der Waals surface area contributed by atoms with Crippen molar-refractivity contribution in [3.63, 3.8) is 0 Å². The summed E-state index contributed by atoms with van der Waals surface area (Å²) < 4.78 is 11.3. The van der Waals surface area contributed by atoms with Crippen molar-refractivity contribution in [2.75, 3.05) is 13.2 Å². The van der Waals surface area contributed by atoms with Crippen LogP contribution in [-0.2, 0) is 25.5 Å². The maximum Gasteiger partial charge on any atom is 0.326 e. The number of nitrogens with one attached hydrogen (secondary N) is 1. The van der Waals surface area contributed by atoms with Gasteiger partial charge < -0.3 is 19.5 Å². The smallest absolute Gasteiger partial charge is 0.326 e. The molecule has 1 aliphatic heterocycles. The van der Waals surface area contributed by atoms with Gasteiger partial charge in [-0.15, -0.1) is 0 Å². The highest BCUT2D eigenvalue weighted by molar-refractivity contribution is 5.88. The second kappa shape index (κ2) is 12.6. The zero-order chi connectivity index (χ0) is 27.1. The van der Waals surface area contributed by atoms with E-state index in [1.54, 1.807) is 13.8 Å². The minimum absolute atomic E-state index is 0.142. The average Bonchev–Trinajstić information content (AvgIpc) is 3.35. The molecular weight excluding hydrogens is 484 g/mol. The third-order valence-corrected chi connectivity index (χ3v) is 6.81. The van der Waals surface area contributed by atoms with Gasteiger partial charge in [0, 0.05) is 6.42 Å². The Bertz CT molecular complexity index is 1260. The first-order chi connectivity index (χ1) is 18.4. The number of carbonyl (C=O) groups is 3. The molecule has 8 heteroatoms. The first-order valence-corrected chi connectivity index (χ1v) is 13.0. The van der Waals surface area contributed by atoms with Gasteiger partial charge in [-0.1, -0.05) is 60.7 Å². The van der Waals surface area contributed by atoms with Gasteiger partial charge in [0.05, 0.1) is 19.2 Å². The fraction of sp³-hybridized carbons (Fsp3) is 0.367. The molecular formula is C30H34N2O6. The van der Waals surface area contributed by atoms with Gasteiger partial charge in [0.1, 0.15) is 23.9 Å². The Morgan fingerprint density at radius 3 is 2.45 bits per heavy atom. The molecule has 0 bridgehead atoms. The molecule has 200 valence electrons. The number of hydrogen-bond donors (Lipinski definition) is 2. The molecule has 0 radical (unpaired) electrons. The number of aliphatic carboxylic acids is 1. The van der Waals surface area contributed by atoms with Gasteiger partial charge in [0.25, 0.3) is 0 Å². The van der Waals surface area contributed by atoms with E-state index in [4.69, 9.17) is 9.47 Å². The Kier molecular flexibility index (Phi) is 8.97. The number of carbonyl (C=O) groups excluding carboxylic acids is 2. The van der Waals surface area contributed by atoms with Gasteiger partial charge in [-0.25, -0.2) is 4.79 Å². The molecule has 1 saturated heterocycles. The van der Waals surface area contributed by atoms with Crippen LogP contribution in [0.25, 0.3) is 10.8 Å². The normalized spacial score (nSPS) is 18.6. The summed E-state index contributed by atoms with van der Waals surface area (Å²) in [5.41, 5.74) is 1.07. The Balaban J connectivity index is 1.42. The molecule has 3 aromatic carbocycles. The fourth-order valence-electron chi connectivity index (χ4n) is 4.88. The molecule has 1 fully saturated rings. The van der Waals surface area contributed by atoms with Crippen LogP contribution >= 0.6 is 0 Å². The lowest BCUT2D eigenvalue weighted by atomic mass is 10.0. The van der Waals surface area contributed by atoms with Crippen LogP contribution < -0.4 is 10.1 Å². The second-order valence-electron chi connectivity index (χ2n) is 9.55. The molecule has 0 spiro atoms. The number of carboxylic acids is 1. The molecule has 4 atom stereocenters. The summed E-state index contributed by atoms with van der Waals surface area (Å²) in [5, 5.41) is 15.0. The van der Waals surface area contributed by atoms with Crippen molar-refractivity contribution >= 4 is 28.6 Å². The summed E-state index contributed by atoms with van der Waals surface area (Å²) in [6, 6.07) is 20.9. The predicted molar refractivity (Wildman–Crippen MR) is 144 cm³/mol. The minimum atomic E-state index is -1.08. The maximum absolute atomic E-state index is 13.4. The van der Waals surface area contributed by atoms with E-state index in [1.807, 2.05) is 72.8 Å². The minimum Gasteiger partial charge on any atom is -0.488 e. The number of rotatable bonds is 11. The first-order valence-electron chi connectivity index (χ1n) is 13.0. The van der Waals surface area contributed by atoms with Crippen LogP contribution in [0.1, 0.15) is 32.3 Å². The number of nitrogens with zero attached hydrogens (tertiary/aromatic N) is 1. The lowest BCUT2D eigenvalue weighted by Gasteiger charge is -2.27. The lowest BCUT2D eigenvalue weighted by Crippen LogP contribution is -2.53. The van der Waals surface area contributed by atoms with Crippen LogP contribution in [0, 0.1) is 0 Å². The van der Waals surface area contributed by atoms with E-state index in [-0.39, 0.29) is 19.6 Å². The van der Waals surface area contributed by atoms with E-state index in [2.05, 4.69) is 5.32 Å². The summed E-state index contributed by atoms with van der Waals surface area (Å²) in [4.78, 5) is 39.4. The molecule has 0 saturated carbocycles. The molecule has 0 aromatic heterocycles. The van der Waals surface area contributed by atoms with E-state index in [0.717, 1.165) is 16.3 Å². The number of likely N-dealkylation sites (tertiary alicyclic amines) is 1. The van der Waals surface area contributed by atoms with Crippen molar-refractivity contribution in [3.8, 4) is 5.75 Å². The summed E-state index contributed by atoms with van der Waals surface area (Å²) in [6.45, 7) is 3.75. The zero-order valence-electron chi connectivity index (χ0n) is 21.7. The van der Waals surface area contributed by atoms with Gasteiger partial charge in [0.2, 0.25) is 5.91 Å². The number of fused-ring (bicyclic) bond motifs is 1. The number of ether oxygens (including phenoxy) is 2. The van der Waals surface area contributed by atoms with Gasteiger partial charge in [-0.3, -0.25) is 14.9 Å². The molecule has 1 heterocycles. The summed E-state index contributed by atoms with van der Waals surface area (Å²) in [5.74, 6) is -1.28. The highest BCUT2D eigenvalue weighted by atomic mass is 16.5. The van der Waals surface area contributed by atoms with Crippen molar-refractivity contribution in [1.82, 2.24) is 10.2 Å². The van der Waals surface area contributed by atoms with Crippen LogP contribution in [-0.4, -0.2) is 65.2 Å². The number of carboxylic acid groups (broad SMARTS) is 1. The van der Waals surface area contributed by atoms with E-state index in [9.17, 15) is 19.5 Å². The molecule has 2 N–H and O–H groups in total. The van der Waals surface area contributed by atoms with Crippen molar-refractivity contribution in [1.29, 1.82) is 0 Å². The van der Waals surface area contributed by atoms with E-state index in [1.165, 1.54) is 4.90 Å². The number of aryl methyl sites for hydroxylation is 1. The zero-order valence-corrected chi connectivity index (χ0v) is 21.7. The van der Waals surface area contributed by atoms with E-state index < -0.39 is 42.1 Å². The molecule has 1 unspecified atom stereocenters. The van der Waals surface area contributed by atoms with Crippen molar-refractivity contribution in [2.45, 2.75) is 57.3 Å². The van der Waals surface area contributed by atoms with Gasteiger partial charge in [0.15, 0.2) is 0 Å². The Labute approximate surface area is 222 Å². The Morgan fingerprint density at radius 2 is 1.74 bits per heavy atom. The van der Waals surface area contributed by atoms with Crippen molar-refractivity contribution < 1.29 is 29.0 Å². The van der Waals surface area contributed by atoms with E-state index >= 15 is 0 Å². The number of benzene rings is 3. The second-order valence-corrected chi connectivity index (χ2v) is 9.55. The monoisotopic (exact) mass is 518 g/mol. The predicted octanol–water partition coefficient (Wildman–Crippen LogP) is 3.82. The quantitative estimate of drug-likeness (QED) is 0.372. The maximum atomic E-state index is 13.4. The van der Waals surface area contributed by atoms with Crippen molar-refractivity contribution in [3.05, 3.63) is 78.4 Å². The third-order valence-electron chi connectivity index (χ3n) is 6.81. The summed E-state index contributed by atoms with van der Waals surface area (Å²) in [6.07, 6.45) is 0.778. The summed E-state index contributed by atoms with van der Waals surface area (Å²) >= 11 is 0. The molecule has 3 aromatic rings. The van der Waals surface area contributed by atoms with Gasteiger partial charge in [-0.05, 0) is 55.2 Å². The van der Waals surface area contributed by atoms with Gasteiger partial charge >= 0.3 is 11.9 Å². The van der Waals surface area contributed by atoms with Gasteiger partial charge in [-0.2, -0.15) is 0 Å². The largest absolute Gasteiger partial charge is 0.488 e. The van der Waals surface area contributed by atoms with Crippen molar-refractivity contribution in [2.24, 2.45) is 0 Å². The third kappa shape index (κ3) is 6.69. The molecule has 1 aliphatic rings. The Hall–Kier alpha value is -3.91. The number of amides is 1. The Morgan fingerprint density at radius 1 is 1.03 bits per heavy atom. The molecule has 38 heavy (non-hydrogen) atoms. The average molecular weight is 519 g/mol. The standard InChI is InChI=1S/C30H34N2O6/c1-3-37-30(36)26(16-13-21-9-5-4-6-10-21)31-20(2)28(33)32-19-25(18-27(32)29(34)35)38-24-15-14-22-11-7-8-12-23(22)17-24/h4-12,14-15,17,20,25-27,31H,3,13,16,18-19H2,1-2H3,(H,34,35)/t20-,25?,26-,27-/m0/s1. The van der Waals surface area contributed by atoms with Crippen LogP contribution in [0.2, 0.25) is 0 Å². The highest BCUT2D eigenvalue weighted by Crippen LogP contribution is 2.27. The summed E-state index contributed by atoms with van der Waals surface area (Å²) in [7, 11) is 0. The molecule has 1 amide bonds. The number of hydrogen-bond acceptors (Lipinski definition) is 6. The number of esters is 1. The lowest BCUT2D eigenvalue weighted by molar-refractivity contribution is -0.150. The van der Waals surface area contributed by atoms with E-state index in [0.29, 0.717) is 18.6 Å². The van der Waals surface area contributed by atoms with Crippen LogP contribution in [0.15, 0.2) is 72.8 Å². The fourth-order valence-corrected chi connectivity index (χ4v) is 4.88. The van der Waals surface area contributed by atoms with Crippen LogP contribution in [0.3, 0.4) is 0 Å². The molecule has 8 nitrogen and oxygen atoms in total. The molecule has 4 rings (SSSR count). The first kappa shape index (κ1) is 27.1.